The number of carbonyl (C=O) groups excluding carboxylic acids is 1. The molecule has 25 heavy (non-hydrogen) atoms. The van der Waals surface area contributed by atoms with E-state index in [1.54, 1.807) is 18.2 Å². The van der Waals surface area contributed by atoms with Gasteiger partial charge in [-0.25, -0.2) is 4.98 Å². The van der Waals surface area contributed by atoms with Crippen molar-refractivity contribution in [3.63, 3.8) is 0 Å². The predicted molar refractivity (Wildman–Crippen MR) is 98.7 cm³/mol. The quantitative estimate of drug-likeness (QED) is 0.781. The average Bonchev–Trinajstić information content (AvgIpc) is 2.58. The zero-order valence-electron chi connectivity index (χ0n) is 14.0. The lowest BCUT2D eigenvalue weighted by Crippen LogP contribution is -2.34. The molecular formula is C19H18ClN3O2. The Morgan fingerprint density at radius 3 is 2.80 bits per heavy atom. The van der Waals surface area contributed by atoms with Gasteiger partial charge in [0, 0.05) is 5.02 Å². The summed E-state index contributed by atoms with van der Waals surface area (Å²) < 4.78 is 1.32. The highest BCUT2D eigenvalue weighted by molar-refractivity contribution is 6.30. The normalized spacial score (nSPS) is 12.1. The predicted octanol–water partition coefficient (Wildman–Crippen LogP) is 3.24. The van der Waals surface area contributed by atoms with Crippen LogP contribution in [0.2, 0.25) is 5.02 Å². The average molecular weight is 356 g/mol. The Labute approximate surface area is 150 Å². The maximum Gasteiger partial charge on any atom is 0.261 e. The minimum atomic E-state index is -0.261. The van der Waals surface area contributed by atoms with Gasteiger partial charge in [-0.2, -0.15) is 0 Å². The lowest BCUT2D eigenvalue weighted by molar-refractivity contribution is -0.122. The first kappa shape index (κ1) is 17.2. The highest BCUT2D eigenvalue weighted by Gasteiger charge is 2.12. The van der Waals surface area contributed by atoms with E-state index in [2.05, 4.69) is 10.3 Å². The number of halogens is 1. The largest absolute Gasteiger partial charge is 0.348 e. The van der Waals surface area contributed by atoms with Crippen LogP contribution in [-0.2, 0) is 11.3 Å². The van der Waals surface area contributed by atoms with Gasteiger partial charge in [0.15, 0.2) is 0 Å². The summed E-state index contributed by atoms with van der Waals surface area (Å²) in [5.41, 5.74) is 2.27. The second-order valence-electron chi connectivity index (χ2n) is 5.99. The second-order valence-corrected chi connectivity index (χ2v) is 6.43. The number of hydrogen-bond donors (Lipinski definition) is 1. The van der Waals surface area contributed by atoms with Gasteiger partial charge in [-0.1, -0.05) is 35.9 Å². The molecule has 0 radical (unpaired) electrons. The van der Waals surface area contributed by atoms with Crippen LogP contribution in [-0.4, -0.2) is 15.5 Å². The first-order valence-electron chi connectivity index (χ1n) is 7.95. The molecule has 0 spiro atoms. The third-order valence-corrected chi connectivity index (χ3v) is 4.33. The van der Waals surface area contributed by atoms with Crippen molar-refractivity contribution in [1.29, 1.82) is 0 Å². The number of amides is 1. The Morgan fingerprint density at radius 2 is 2.04 bits per heavy atom. The molecule has 1 heterocycles. The molecule has 1 N–H and O–H groups in total. The van der Waals surface area contributed by atoms with E-state index in [0.717, 1.165) is 11.1 Å². The molecule has 0 saturated heterocycles. The van der Waals surface area contributed by atoms with Gasteiger partial charge in [0.2, 0.25) is 5.91 Å². The molecule has 6 heteroatoms. The Hall–Kier alpha value is -2.66. The van der Waals surface area contributed by atoms with Crippen molar-refractivity contribution in [2.75, 3.05) is 0 Å². The molecule has 3 aromatic rings. The Balaban J connectivity index is 1.78. The second kappa shape index (κ2) is 7.07. The van der Waals surface area contributed by atoms with E-state index >= 15 is 0 Å². The van der Waals surface area contributed by atoms with Crippen LogP contribution in [0.5, 0.6) is 0 Å². The van der Waals surface area contributed by atoms with Crippen molar-refractivity contribution < 1.29 is 4.79 Å². The number of para-hydroxylation sites is 1. The monoisotopic (exact) mass is 355 g/mol. The maximum absolute atomic E-state index is 12.5. The van der Waals surface area contributed by atoms with Crippen LogP contribution < -0.4 is 10.9 Å². The number of hydrogen-bond acceptors (Lipinski definition) is 3. The van der Waals surface area contributed by atoms with Gasteiger partial charge >= 0.3 is 0 Å². The fraction of sp³-hybridized carbons (Fsp3) is 0.211. The standard InChI is InChI=1S/C19H18ClN3O2/c1-12-5-3-8-16-18(12)21-11-23(19(16)25)10-17(24)22-13(2)14-6-4-7-15(20)9-14/h3-9,11,13H,10H2,1-2H3,(H,22,24). The molecule has 1 aromatic heterocycles. The summed E-state index contributed by atoms with van der Waals surface area (Å²) in [6.07, 6.45) is 1.42. The lowest BCUT2D eigenvalue weighted by Gasteiger charge is -2.15. The van der Waals surface area contributed by atoms with E-state index in [4.69, 9.17) is 11.6 Å². The third kappa shape index (κ3) is 3.72. The summed E-state index contributed by atoms with van der Waals surface area (Å²) in [4.78, 5) is 29.2. The van der Waals surface area contributed by atoms with Crippen molar-refractivity contribution in [1.82, 2.24) is 14.9 Å². The fourth-order valence-electron chi connectivity index (χ4n) is 2.75. The number of nitrogens with zero attached hydrogens (tertiary/aromatic N) is 2. The van der Waals surface area contributed by atoms with Crippen molar-refractivity contribution in [2.24, 2.45) is 0 Å². The summed E-state index contributed by atoms with van der Waals surface area (Å²) in [5, 5.41) is 4.00. The molecule has 3 rings (SSSR count). The minimum Gasteiger partial charge on any atom is -0.348 e. The summed E-state index contributed by atoms with van der Waals surface area (Å²) >= 11 is 5.98. The number of fused-ring (bicyclic) bond motifs is 1. The van der Waals surface area contributed by atoms with Crippen LogP contribution in [0.1, 0.15) is 24.1 Å². The van der Waals surface area contributed by atoms with Gasteiger partial charge in [-0.05, 0) is 43.2 Å². The highest BCUT2D eigenvalue weighted by Crippen LogP contribution is 2.17. The van der Waals surface area contributed by atoms with E-state index < -0.39 is 0 Å². The summed E-state index contributed by atoms with van der Waals surface area (Å²) in [7, 11) is 0. The van der Waals surface area contributed by atoms with Gasteiger partial charge in [-0.15, -0.1) is 0 Å². The Bertz CT molecular complexity index is 997. The topological polar surface area (TPSA) is 64.0 Å². The first-order chi connectivity index (χ1) is 12.0. The molecule has 0 fully saturated rings. The molecule has 1 atom stereocenters. The molecule has 0 saturated carbocycles. The highest BCUT2D eigenvalue weighted by atomic mass is 35.5. The van der Waals surface area contributed by atoms with Crippen LogP contribution in [0.15, 0.2) is 53.6 Å². The number of benzene rings is 2. The van der Waals surface area contributed by atoms with Crippen LogP contribution in [0, 0.1) is 6.92 Å². The molecule has 0 aliphatic heterocycles. The molecule has 0 aliphatic carbocycles. The smallest absolute Gasteiger partial charge is 0.261 e. The molecule has 5 nitrogen and oxygen atoms in total. The Morgan fingerprint density at radius 1 is 1.28 bits per heavy atom. The van der Waals surface area contributed by atoms with Gasteiger partial charge in [0.25, 0.3) is 5.56 Å². The fourth-order valence-corrected chi connectivity index (χ4v) is 2.95. The number of carbonyl (C=O) groups is 1. The molecule has 1 amide bonds. The van der Waals surface area contributed by atoms with Crippen LogP contribution in [0.25, 0.3) is 10.9 Å². The van der Waals surface area contributed by atoms with Gasteiger partial charge in [0.1, 0.15) is 6.54 Å². The number of nitrogens with one attached hydrogen (secondary N) is 1. The van der Waals surface area contributed by atoms with Gasteiger partial charge in [-0.3, -0.25) is 14.2 Å². The van der Waals surface area contributed by atoms with Crippen molar-refractivity contribution in [3.05, 3.63) is 75.3 Å². The molecule has 2 aromatic carbocycles. The zero-order chi connectivity index (χ0) is 18.0. The van der Waals surface area contributed by atoms with Crippen molar-refractivity contribution >= 4 is 28.4 Å². The summed E-state index contributed by atoms with van der Waals surface area (Å²) in [6.45, 7) is 3.69. The van der Waals surface area contributed by atoms with Crippen LogP contribution >= 0.6 is 11.6 Å². The molecule has 1 unspecified atom stereocenters. The van der Waals surface area contributed by atoms with E-state index in [1.165, 1.54) is 10.9 Å². The molecule has 0 aliphatic rings. The Kier molecular flexibility index (Phi) is 4.86. The van der Waals surface area contributed by atoms with Crippen molar-refractivity contribution in [3.8, 4) is 0 Å². The maximum atomic E-state index is 12.5. The number of aryl methyl sites for hydroxylation is 1. The van der Waals surface area contributed by atoms with E-state index in [1.807, 2.05) is 38.1 Å². The SMILES string of the molecule is Cc1cccc2c(=O)n(CC(=O)NC(C)c3cccc(Cl)c3)cnc12. The molecule has 0 bridgehead atoms. The first-order valence-corrected chi connectivity index (χ1v) is 8.33. The van der Waals surface area contributed by atoms with E-state index in [9.17, 15) is 9.59 Å². The van der Waals surface area contributed by atoms with E-state index in [-0.39, 0.29) is 24.1 Å². The minimum absolute atomic E-state index is 0.0827. The molecule has 128 valence electrons. The van der Waals surface area contributed by atoms with Gasteiger partial charge in [0.05, 0.1) is 23.3 Å². The van der Waals surface area contributed by atoms with Crippen LogP contribution in [0.4, 0.5) is 0 Å². The van der Waals surface area contributed by atoms with Crippen molar-refractivity contribution in [2.45, 2.75) is 26.4 Å². The lowest BCUT2D eigenvalue weighted by atomic mass is 10.1. The van der Waals surface area contributed by atoms with Crippen LogP contribution in [0.3, 0.4) is 0 Å². The third-order valence-electron chi connectivity index (χ3n) is 4.10. The van der Waals surface area contributed by atoms with E-state index in [0.29, 0.717) is 15.9 Å². The van der Waals surface area contributed by atoms with Gasteiger partial charge < -0.3 is 5.32 Å². The summed E-state index contributed by atoms with van der Waals surface area (Å²) in [5.74, 6) is -0.261. The number of rotatable bonds is 4. The number of aromatic nitrogens is 2. The molecular weight excluding hydrogens is 338 g/mol. The zero-order valence-corrected chi connectivity index (χ0v) is 14.7. The summed E-state index contributed by atoms with van der Waals surface area (Å²) in [6, 6.07) is 12.5.